The minimum absolute atomic E-state index is 0.544. The Morgan fingerprint density at radius 3 is 3.00 bits per heavy atom. The molecule has 3 nitrogen and oxygen atoms in total. The average Bonchev–Trinajstić information content (AvgIpc) is 2.59. The maximum atomic E-state index is 4.53. The lowest BCUT2D eigenvalue weighted by Gasteiger charge is -2.05. The van der Waals surface area contributed by atoms with Crippen molar-refractivity contribution in [1.82, 2.24) is 14.7 Å². The first-order valence-corrected chi connectivity index (χ1v) is 5.42. The Morgan fingerprint density at radius 1 is 1.40 bits per heavy atom. The number of aromatic nitrogens is 2. The number of hydrogen-bond donors (Lipinski definition) is 1. The molecular formula is C12H17N3. The standard InChI is InChI=1S/C12H17N3/c1-10(2)13-7-6-11-9-15-8-4-3-5-12(15)14-11/h3-5,8-10,13H,6-7H2,1-2H3. The molecule has 0 spiro atoms. The zero-order chi connectivity index (χ0) is 10.7. The lowest BCUT2D eigenvalue weighted by Crippen LogP contribution is -2.24. The largest absolute Gasteiger partial charge is 0.314 e. The third kappa shape index (κ3) is 2.57. The summed E-state index contributed by atoms with van der Waals surface area (Å²) in [5.41, 5.74) is 2.17. The monoisotopic (exact) mass is 203 g/mol. The molecule has 0 radical (unpaired) electrons. The molecule has 0 unspecified atom stereocenters. The van der Waals surface area contributed by atoms with Gasteiger partial charge in [-0.05, 0) is 12.1 Å². The summed E-state index contributed by atoms with van der Waals surface area (Å²) < 4.78 is 2.06. The van der Waals surface area contributed by atoms with Gasteiger partial charge in [0, 0.05) is 31.4 Å². The van der Waals surface area contributed by atoms with Crippen molar-refractivity contribution in [1.29, 1.82) is 0 Å². The third-order valence-corrected chi connectivity index (χ3v) is 2.35. The molecule has 0 fully saturated rings. The highest BCUT2D eigenvalue weighted by atomic mass is 15.0. The molecule has 3 heteroatoms. The van der Waals surface area contributed by atoms with Crippen LogP contribution in [0, 0.1) is 0 Å². The first-order chi connectivity index (χ1) is 7.25. The van der Waals surface area contributed by atoms with E-state index in [9.17, 15) is 0 Å². The van der Waals surface area contributed by atoms with Crippen molar-refractivity contribution < 1.29 is 0 Å². The van der Waals surface area contributed by atoms with Gasteiger partial charge in [-0.25, -0.2) is 4.98 Å². The molecule has 15 heavy (non-hydrogen) atoms. The number of fused-ring (bicyclic) bond motifs is 1. The van der Waals surface area contributed by atoms with Crippen molar-refractivity contribution in [2.75, 3.05) is 6.54 Å². The molecule has 2 aromatic rings. The Labute approximate surface area is 90.1 Å². The van der Waals surface area contributed by atoms with Gasteiger partial charge in [-0.3, -0.25) is 0 Å². The van der Waals surface area contributed by atoms with E-state index in [1.807, 2.05) is 24.4 Å². The van der Waals surface area contributed by atoms with E-state index in [1.54, 1.807) is 0 Å². The topological polar surface area (TPSA) is 29.3 Å². The molecule has 1 N–H and O–H groups in total. The number of nitrogens with zero attached hydrogens (tertiary/aromatic N) is 2. The smallest absolute Gasteiger partial charge is 0.136 e. The molecule has 0 saturated carbocycles. The summed E-state index contributed by atoms with van der Waals surface area (Å²) >= 11 is 0. The van der Waals surface area contributed by atoms with Crippen LogP contribution in [0.5, 0.6) is 0 Å². The van der Waals surface area contributed by atoms with Gasteiger partial charge in [0.15, 0.2) is 0 Å². The molecule has 80 valence electrons. The Bertz CT molecular complexity index is 398. The van der Waals surface area contributed by atoms with Crippen LogP contribution in [0.1, 0.15) is 19.5 Å². The van der Waals surface area contributed by atoms with Crippen LogP contribution in [-0.2, 0) is 6.42 Å². The van der Waals surface area contributed by atoms with Gasteiger partial charge in [-0.15, -0.1) is 0 Å². The van der Waals surface area contributed by atoms with Crippen molar-refractivity contribution in [2.24, 2.45) is 0 Å². The van der Waals surface area contributed by atoms with Crippen LogP contribution in [-0.4, -0.2) is 22.0 Å². The van der Waals surface area contributed by atoms with Gasteiger partial charge < -0.3 is 9.72 Å². The fourth-order valence-electron chi connectivity index (χ4n) is 1.60. The lowest BCUT2D eigenvalue weighted by atomic mass is 10.3. The van der Waals surface area contributed by atoms with Crippen LogP contribution in [0.3, 0.4) is 0 Å². The Morgan fingerprint density at radius 2 is 2.27 bits per heavy atom. The van der Waals surface area contributed by atoms with Crippen LogP contribution in [0.2, 0.25) is 0 Å². The van der Waals surface area contributed by atoms with Crippen molar-refractivity contribution in [3.05, 3.63) is 36.3 Å². The highest BCUT2D eigenvalue weighted by Gasteiger charge is 2.00. The van der Waals surface area contributed by atoms with E-state index in [-0.39, 0.29) is 0 Å². The minimum atomic E-state index is 0.544. The van der Waals surface area contributed by atoms with Gasteiger partial charge >= 0.3 is 0 Å². The van der Waals surface area contributed by atoms with Crippen LogP contribution in [0.25, 0.3) is 5.65 Å². The van der Waals surface area contributed by atoms with Gasteiger partial charge in [0.1, 0.15) is 5.65 Å². The molecule has 0 aliphatic rings. The summed E-state index contributed by atoms with van der Waals surface area (Å²) in [6.07, 6.45) is 5.11. The summed E-state index contributed by atoms with van der Waals surface area (Å²) in [5, 5.41) is 3.39. The first kappa shape index (κ1) is 10.2. The van der Waals surface area contributed by atoms with E-state index in [4.69, 9.17) is 0 Å². The molecule has 0 bridgehead atoms. The minimum Gasteiger partial charge on any atom is -0.314 e. The second-order valence-corrected chi connectivity index (χ2v) is 4.06. The Balaban J connectivity index is 2.03. The van der Waals surface area contributed by atoms with Crippen LogP contribution in [0.4, 0.5) is 0 Å². The van der Waals surface area contributed by atoms with Crippen LogP contribution in [0.15, 0.2) is 30.6 Å². The molecule has 0 amide bonds. The molecule has 2 rings (SSSR count). The summed E-state index contributed by atoms with van der Waals surface area (Å²) in [7, 11) is 0. The lowest BCUT2D eigenvalue weighted by molar-refractivity contribution is 0.588. The molecule has 0 aromatic carbocycles. The number of rotatable bonds is 4. The molecule has 2 aromatic heterocycles. The van der Waals surface area contributed by atoms with E-state index in [2.05, 4.69) is 34.7 Å². The zero-order valence-corrected chi connectivity index (χ0v) is 9.27. The summed E-state index contributed by atoms with van der Waals surface area (Å²) in [5.74, 6) is 0. The van der Waals surface area contributed by atoms with Gasteiger partial charge in [0.25, 0.3) is 0 Å². The van der Waals surface area contributed by atoms with Gasteiger partial charge in [0.05, 0.1) is 5.69 Å². The SMILES string of the molecule is CC(C)NCCc1cn2ccccc2n1. The van der Waals surface area contributed by atoms with Crippen LogP contribution < -0.4 is 5.32 Å². The summed E-state index contributed by atoms with van der Waals surface area (Å²) in [6, 6.07) is 6.60. The van der Waals surface area contributed by atoms with Crippen LogP contribution >= 0.6 is 0 Å². The maximum absolute atomic E-state index is 4.53. The second kappa shape index (κ2) is 4.45. The Hall–Kier alpha value is -1.35. The summed E-state index contributed by atoms with van der Waals surface area (Å²) in [4.78, 5) is 4.53. The number of nitrogens with one attached hydrogen (secondary N) is 1. The number of hydrogen-bond acceptors (Lipinski definition) is 2. The van der Waals surface area contributed by atoms with Crippen molar-refractivity contribution in [2.45, 2.75) is 26.3 Å². The van der Waals surface area contributed by atoms with E-state index in [0.29, 0.717) is 6.04 Å². The Kier molecular flexibility index (Phi) is 3.02. The fraction of sp³-hybridized carbons (Fsp3) is 0.417. The van der Waals surface area contributed by atoms with Crippen molar-refractivity contribution >= 4 is 5.65 Å². The normalized spacial score (nSPS) is 11.4. The van der Waals surface area contributed by atoms with E-state index >= 15 is 0 Å². The molecule has 0 aliphatic heterocycles. The maximum Gasteiger partial charge on any atom is 0.136 e. The molecule has 0 atom stereocenters. The quantitative estimate of drug-likeness (QED) is 0.822. The van der Waals surface area contributed by atoms with E-state index < -0.39 is 0 Å². The van der Waals surface area contributed by atoms with Crippen molar-refractivity contribution in [3.63, 3.8) is 0 Å². The summed E-state index contributed by atoms with van der Waals surface area (Å²) in [6.45, 7) is 5.30. The highest BCUT2D eigenvalue weighted by Crippen LogP contribution is 2.04. The number of pyridine rings is 1. The van der Waals surface area contributed by atoms with E-state index in [0.717, 1.165) is 24.3 Å². The average molecular weight is 203 g/mol. The van der Waals surface area contributed by atoms with Gasteiger partial charge in [0.2, 0.25) is 0 Å². The van der Waals surface area contributed by atoms with E-state index in [1.165, 1.54) is 0 Å². The third-order valence-electron chi connectivity index (χ3n) is 2.35. The van der Waals surface area contributed by atoms with Gasteiger partial charge in [-0.2, -0.15) is 0 Å². The number of imidazole rings is 1. The first-order valence-electron chi connectivity index (χ1n) is 5.42. The molecular weight excluding hydrogens is 186 g/mol. The molecule has 2 heterocycles. The fourth-order valence-corrected chi connectivity index (χ4v) is 1.60. The molecule has 0 saturated heterocycles. The zero-order valence-electron chi connectivity index (χ0n) is 9.27. The second-order valence-electron chi connectivity index (χ2n) is 4.06. The molecule has 0 aliphatic carbocycles. The van der Waals surface area contributed by atoms with Crippen molar-refractivity contribution in [3.8, 4) is 0 Å². The van der Waals surface area contributed by atoms with Gasteiger partial charge in [-0.1, -0.05) is 19.9 Å². The predicted octanol–water partition coefficient (Wildman–Crippen LogP) is 1.87. The predicted molar refractivity (Wildman–Crippen MR) is 62.0 cm³/mol. The highest BCUT2D eigenvalue weighted by molar-refractivity contribution is 5.39.